The first-order valence-corrected chi connectivity index (χ1v) is 40.1. The number of nitrogens with zero attached hydrogens (tertiary/aromatic N) is 6. The molecule has 3 unspecified atom stereocenters. The van der Waals surface area contributed by atoms with Crippen LogP contribution in [0.1, 0.15) is 298 Å². The lowest BCUT2D eigenvalue weighted by atomic mass is 9.73. The normalized spacial score (nSPS) is 16.3. The molecule has 0 saturated carbocycles. The Hall–Kier alpha value is -6.06. The second-order valence-corrected chi connectivity index (χ2v) is 39.7. The number of amides is 1. The van der Waals surface area contributed by atoms with E-state index >= 15 is 0 Å². The van der Waals surface area contributed by atoms with Gasteiger partial charge < -0.3 is 30.1 Å². The highest BCUT2D eigenvalue weighted by Gasteiger charge is 2.49. The van der Waals surface area contributed by atoms with Crippen LogP contribution < -0.4 is 5.32 Å². The van der Waals surface area contributed by atoms with E-state index in [9.17, 15) is 43.2 Å². The fourth-order valence-electron chi connectivity index (χ4n) is 12.5. The van der Waals surface area contributed by atoms with E-state index in [1.807, 2.05) is 205 Å². The van der Waals surface area contributed by atoms with E-state index in [1.54, 1.807) is 68.8 Å². The monoisotopic (exact) mass is 1520 g/mol. The Bertz CT molecular complexity index is 3210. The minimum absolute atomic E-state index is 0.0185. The van der Waals surface area contributed by atoms with Crippen molar-refractivity contribution in [2.24, 2.45) is 67.0 Å². The lowest BCUT2D eigenvalue weighted by Gasteiger charge is -2.29. The maximum Gasteiger partial charge on any atom is 0.236 e. The van der Waals surface area contributed by atoms with Crippen LogP contribution in [0.5, 0.6) is 0 Å². The van der Waals surface area contributed by atoms with E-state index in [2.05, 4.69) is 91.9 Å². The number of hydrogen-bond donors (Lipinski definition) is 5. The van der Waals surface area contributed by atoms with Crippen molar-refractivity contribution in [3.05, 3.63) is 72.6 Å². The van der Waals surface area contributed by atoms with E-state index in [0.29, 0.717) is 48.7 Å². The Morgan fingerprint density at radius 3 is 1.30 bits per heavy atom. The van der Waals surface area contributed by atoms with E-state index in [0.717, 1.165) is 69.5 Å². The molecule has 612 valence electrons. The molecule has 5 N–H and O–H groups in total. The Labute approximate surface area is 653 Å². The molecule has 0 aliphatic carbocycles. The van der Waals surface area contributed by atoms with Gasteiger partial charge in [-0.25, -0.2) is 15.0 Å². The Balaban J connectivity index is 0. The molecule has 1 amide bonds. The average molecular weight is 1520 g/mol. The molecule has 20 nitrogen and oxygen atoms in total. The molecule has 4 aromatic rings. The van der Waals surface area contributed by atoms with Crippen LogP contribution in [0.15, 0.2) is 49.8 Å². The number of ketones is 8. The number of likely N-dealkylation sites (tertiary alicyclic amines) is 2. The lowest BCUT2D eigenvalue weighted by molar-refractivity contribution is -0.145. The summed E-state index contributed by atoms with van der Waals surface area (Å²) in [6.07, 6.45) is 20.5. The molecule has 6 rings (SSSR count). The number of H-pyrrole nitrogens is 4. The Morgan fingerprint density at radius 2 is 1.00 bits per heavy atom. The molecule has 3 atom stereocenters. The molecule has 6 heterocycles. The van der Waals surface area contributed by atoms with Crippen LogP contribution in [0.25, 0.3) is 0 Å². The number of imidazole rings is 3. The van der Waals surface area contributed by atoms with Crippen molar-refractivity contribution in [3.8, 4) is 0 Å². The van der Waals surface area contributed by atoms with E-state index in [-0.39, 0.29) is 95.5 Å². The maximum atomic E-state index is 12.4. The molecule has 0 aromatic carbocycles. The number of rotatable bonds is 24. The number of carbonyl (C=O) groups is 9. The minimum atomic E-state index is -0.817. The SMILES string of the molecule is CC(=O)C(C)(C)C(=O)C(C)C.CC(C)(C)C(=O)C(C)(C)c1ccn[nH]1.CC(C)C(=O)C1(C)CCN(CCc2cnc[nH]2)C1=O.CC(C)C(=O)C1CCN(CCc2cnc[nH]2)C1.CC(Cc1cnc[nH]1)NC(C)(C)C.CCC(C)(C)C(=O)C(C)(C)C.CCC(C)(C)C(=O)C(C)(C)C.CSC(C)(C)C(=O)C(C)(C)C. The smallest absolute Gasteiger partial charge is 0.236 e. The van der Waals surface area contributed by atoms with Gasteiger partial charge in [0.1, 0.15) is 40.1 Å². The fourth-order valence-corrected chi connectivity index (χ4v) is 13.0. The molecule has 107 heavy (non-hydrogen) atoms. The summed E-state index contributed by atoms with van der Waals surface area (Å²) in [7, 11) is 0. The van der Waals surface area contributed by atoms with Gasteiger partial charge in [-0.05, 0) is 128 Å². The highest BCUT2D eigenvalue weighted by atomic mass is 32.2. The van der Waals surface area contributed by atoms with E-state index < -0.39 is 16.2 Å². The van der Waals surface area contributed by atoms with Crippen molar-refractivity contribution >= 4 is 63.9 Å². The summed E-state index contributed by atoms with van der Waals surface area (Å²) in [5.41, 5.74) is 1.07. The molecule has 0 bridgehead atoms. The van der Waals surface area contributed by atoms with Gasteiger partial charge in [0.05, 0.1) is 34.6 Å². The van der Waals surface area contributed by atoms with Gasteiger partial charge in [-0.3, -0.25) is 48.2 Å². The molecule has 21 heteroatoms. The zero-order chi connectivity index (χ0) is 84.3. The van der Waals surface area contributed by atoms with Gasteiger partial charge in [0.25, 0.3) is 0 Å². The van der Waals surface area contributed by atoms with Gasteiger partial charge in [0.15, 0.2) is 11.6 Å². The molecular formula is C86H153N11O9S. The summed E-state index contributed by atoms with van der Waals surface area (Å²) in [6.45, 7) is 74.5. The third-order valence-electron chi connectivity index (χ3n) is 19.7. The van der Waals surface area contributed by atoms with Crippen molar-refractivity contribution in [1.82, 2.24) is 55.2 Å². The second kappa shape index (κ2) is 43.5. The molecule has 2 fully saturated rings. The average Bonchev–Trinajstić information content (AvgIpc) is 1.60. The number of hydrogen-bond acceptors (Lipinski definition) is 16. The first-order valence-electron chi connectivity index (χ1n) is 38.9. The zero-order valence-corrected chi connectivity index (χ0v) is 75.1. The van der Waals surface area contributed by atoms with Gasteiger partial charge >= 0.3 is 0 Å². The highest BCUT2D eigenvalue weighted by molar-refractivity contribution is 8.00. The van der Waals surface area contributed by atoms with Gasteiger partial charge in [-0.15, -0.1) is 0 Å². The number of aromatic nitrogens is 8. The van der Waals surface area contributed by atoms with Crippen LogP contribution >= 0.6 is 11.8 Å². The number of carbonyl (C=O) groups excluding carboxylic acids is 9. The molecule has 4 aromatic heterocycles. The molecule has 0 spiro atoms. The van der Waals surface area contributed by atoms with Gasteiger partial charge in [-0.2, -0.15) is 16.9 Å². The van der Waals surface area contributed by atoms with Gasteiger partial charge in [0, 0.05) is 161 Å². The molecule has 2 aliphatic rings. The van der Waals surface area contributed by atoms with Crippen LogP contribution in [-0.2, 0) is 67.8 Å². The Morgan fingerprint density at radius 1 is 0.579 bits per heavy atom. The van der Waals surface area contributed by atoms with Crippen molar-refractivity contribution in [1.29, 1.82) is 0 Å². The van der Waals surface area contributed by atoms with Crippen LogP contribution in [-0.4, -0.2) is 157 Å². The van der Waals surface area contributed by atoms with Gasteiger partial charge in [-0.1, -0.05) is 166 Å². The largest absolute Gasteiger partial charge is 0.348 e. The quantitative estimate of drug-likeness (QED) is 0.0408. The summed E-state index contributed by atoms with van der Waals surface area (Å²) in [5, 5.41) is 10.2. The topological polar surface area (TPSA) is 287 Å². The summed E-state index contributed by atoms with van der Waals surface area (Å²) in [4.78, 5) is 131. The molecular weight excluding hydrogens is 1360 g/mol. The summed E-state index contributed by atoms with van der Waals surface area (Å²) in [5.74, 6) is 1.94. The predicted molar refractivity (Wildman–Crippen MR) is 442 cm³/mol. The number of aromatic amines is 4. The number of thioether (sulfide) groups is 1. The third-order valence-corrected chi connectivity index (χ3v) is 20.9. The lowest BCUT2D eigenvalue weighted by Crippen LogP contribution is -2.43. The van der Waals surface area contributed by atoms with Crippen LogP contribution in [0.3, 0.4) is 0 Å². The van der Waals surface area contributed by atoms with Crippen molar-refractivity contribution in [2.45, 2.75) is 316 Å². The Kier molecular flexibility index (Phi) is 41.9. The maximum absolute atomic E-state index is 12.4. The molecule has 2 aliphatic heterocycles. The van der Waals surface area contributed by atoms with Crippen LogP contribution in [0.2, 0.25) is 0 Å². The zero-order valence-electron chi connectivity index (χ0n) is 74.3. The minimum Gasteiger partial charge on any atom is -0.348 e. The highest BCUT2D eigenvalue weighted by Crippen LogP contribution is 2.37. The third kappa shape index (κ3) is 36.1. The molecule has 2 saturated heterocycles. The summed E-state index contributed by atoms with van der Waals surface area (Å²) < 4.78 is -0.238. The summed E-state index contributed by atoms with van der Waals surface area (Å²) >= 11 is 1.61. The number of nitrogens with one attached hydrogen (secondary N) is 5. The predicted octanol–water partition coefficient (Wildman–Crippen LogP) is 17.6. The van der Waals surface area contributed by atoms with Crippen LogP contribution in [0, 0.1) is 67.0 Å². The number of Topliss-reactive ketones (excluding diaryl/α,β-unsaturated/α-hetero) is 8. The molecule has 0 radical (unpaired) electrons. The second-order valence-electron chi connectivity index (χ2n) is 38.3. The fraction of sp³-hybridized carbons (Fsp3) is 0.756. The standard InChI is InChI=1S/C14H21N3O2.C13H21N3O.C11H18N2O.C10H19N3.2C10H20O.C9H16O2.C9H18OS/c1-10(2)12(18)14(3)5-7-17(13(14)19)6-4-11-8-15-9-16-11;1-10(2)13(17)11-3-5-16(8-11)6-4-12-7-14-9-15-12;1-10(2,3)9(14)11(4,5)8-6-7-12-13-8;1-8(13-10(2,3)4)5-9-6-11-7-12-9;2*1-7-10(5,6)8(11)9(2,3)4;1-6(2)8(11)9(4,5)7(3)10;1-8(2,3)7(10)9(4,5)11-6/h8-10H,4-7H2,1-3H3,(H,15,16);7,9-11H,3-6,8H2,1-2H3,(H,14,15);6-7H,1-5H3,(H,12,13);6-8,13H,5H2,1-4H3,(H,11,12);2*7H2,1-6H3;6H,1-5H3;1-6H3. The van der Waals surface area contributed by atoms with Crippen molar-refractivity contribution < 1.29 is 43.2 Å². The van der Waals surface area contributed by atoms with Crippen molar-refractivity contribution in [2.75, 3.05) is 39.0 Å². The van der Waals surface area contributed by atoms with Crippen LogP contribution in [0.4, 0.5) is 0 Å². The first-order chi connectivity index (χ1) is 48.3. The summed E-state index contributed by atoms with van der Waals surface area (Å²) in [6, 6.07) is 2.32. The van der Waals surface area contributed by atoms with Crippen molar-refractivity contribution in [3.63, 3.8) is 0 Å². The first kappa shape index (κ1) is 103. The van der Waals surface area contributed by atoms with Gasteiger partial charge in [0.2, 0.25) is 5.91 Å². The van der Waals surface area contributed by atoms with E-state index in [4.69, 9.17) is 0 Å². The van der Waals surface area contributed by atoms with E-state index in [1.165, 1.54) is 18.3 Å².